The van der Waals surface area contributed by atoms with E-state index in [1.165, 1.54) is 12.0 Å². The van der Waals surface area contributed by atoms with Crippen LogP contribution in [0, 0.1) is 0 Å². The topological polar surface area (TPSA) is 84.7 Å². The summed E-state index contributed by atoms with van der Waals surface area (Å²) in [5, 5.41) is 2.81. The summed E-state index contributed by atoms with van der Waals surface area (Å²) in [6.07, 6.45) is 0. The van der Waals surface area contributed by atoms with Crippen LogP contribution >= 0.6 is 0 Å². The average molecular weight is 293 g/mol. The van der Waals surface area contributed by atoms with E-state index in [0.717, 1.165) is 0 Å². The molecule has 0 heterocycles. The van der Waals surface area contributed by atoms with Gasteiger partial charge in [-0.2, -0.15) is 0 Å². The lowest BCUT2D eigenvalue weighted by Gasteiger charge is -2.24. The van der Waals surface area contributed by atoms with Crippen LogP contribution in [0.1, 0.15) is 31.1 Å². The minimum Gasteiger partial charge on any atom is -0.494 e. The number of ether oxygens (including phenoxy) is 1. The van der Waals surface area contributed by atoms with Crippen LogP contribution in [0.15, 0.2) is 18.2 Å². The van der Waals surface area contributed by atoms with E-state index in [-0.39, 0.29) is 23.9 Å². The lowest BCUT2D eigenvalue weighted by atomic mass is 10.1. The van der Waals surface area contributed by atoms with Crippen molar-refractivity contribution in [2.75, 3.05) is 26.4 Å². The van der Waals surface area contributed by atoms with Gasteiger partial charge in [0.25, 0.3) is 5.91 Å². The highest BCUT2D eigenvalue weighted by molar-refractivity contribution is 6.00. The maximum absolute atomic E-state index is 12.4. The van der Waals surface area contributed by atoms with Crippen LogP contribution in [0.2, 0.25) is 0 Å². The van der Waals surface area contributed by atoms with Crippen LogP contribution in [0.3, 0.4) is 0 Å². The van der Waals surface area contributed by atoms with Gasteiger partial charge in [-0.3, -0.25) is 9.59 Å². The Balaban J connectivity index is 2.84. The van der Waals surface area contributed by atoms with Crippen molar-refractivity contribution in [3.8, 4) is 5.75 Å². The van der Waals surface area contributed by atoms with Crippen LogP contribution in [0.4, 0.5) is 5.69 Å². The molecule has 0 saturated carbocycles. The number of likely N-dealkylation sites (N-methyl/N-ethyl adjacent to an activating group) is 1. The predicted molar refractivity (Wildman–Crippen MR) is 82.3 cm³/mol. The van der Waals surface area contributed by atoms with Crippen molar-refractivity contribution in [2.24, 2.45) is 0 Å². The number of nitrogens with two attached hydrogens (primary N) is 1. The van der Waals surface area contributed by atoms with E-state index in [1.807, 2.05) is 20.8 Å². The summed E-state index contributed by atoms with van der Waals surface area (Å²) in [5.41, 5.74) is 6.16. The lowest BCUT2D eigenvalue weighted by Crippen LogP contribution is -2.46. The number of rotatable bonds is 4. The maximum Gasteiger partial charge on any atom is 0.257 e. The van der Waals surface area contributed by atoms with E-state index in [1.54, 1.807) is 25.2 Å². The van der Waals surface area contributed by atoms with Crippen molar-refractivity contribution in [3.05, 3.63) is 23.8 Å². The van der Waals surface area contributed by atoms with Crippen LogP contribution in [-0.4, -0.2) is 43.0 Å². The van der Waals surface area contributed by atoms with E-state index < -0.39 is 0 Å². The third kappa shape index (κ3) is 4.66. The Bertz CT molecular complexity index is 535. The van der Waals surface area contributed by atoms with Crippen LogP contribution < -0.4 is 15.8 Å². The summed E-state index contributed by atoms with van der Waals surface area (Å²) in [4.78, 5) is 25.6. The molecule has 2 amide bonds. The molecule has 0 aliphatic rings. The van der Waals surface area contributed by atoms with E-state index in [9.17, 15) is 9.59 Å². The molecule has 6 heteroatoms. The monoisotopic (exact) mass is 293 g/mol. The second-order valence-corrected chi connectivity index (χ2v) is 5.89. The van der Waals surface area contributed by atoms with Crippen LogP contribution in [0.5, 0.6) is 5.75 Å². The summed E-state index contributed by atoms with van der Waals surface area (Å²) in [6, 6.07) is 4.95. The molecule has 1 rings (SSSR count). The van der Waals surface area contributed by atoms with Gasteiger partial charge in [0.15, 0.2) is 5.75 Å². The standard InChI is InChI=1S/C15H23N3O3/c1-15(2,3)17-12(19)9-18(4)14(20)10-7-6-8-11(16)13(10)21-5/h6-8H,9,16H2,1-5H3,(H,17,19). The zero-order chi connectivity index (χ0) is 16.2. The summed E-state index contributed by atoms with van der Waals surface area (Å²) in [6.45, 7) is 5.61. The van der Waals surface area contributed by atoms with Crippen molar-refractivity contribution < 1.29 is 14.3 Å². The summed E-state index contributed by atoms with van der Waals surface area (Å²) >= 11 is 0. The number of amides is 2. The Morgan fingerprint density at radius 3 is 2.48 bits per heavy atom. The van der Waals surface area contributed by atoms with Gasteiger partial charge in [-0.1, -0.05) is 6.07 Å². The smallest absolute Gasteiger partial charge is 0.257 e. The van der Waals surface area contributed by atoms with Gasteiger partial charge in [0.2, 0.25) is 5.91 Å². The first kappa shape index (κ1) is 16.8. The number of hydrogen-bond donors (Lipinski definition) is 2. The van der Waals surface area contributed by atoms with Gasteiger partial charge in [-0.05, 0) is 32.9 Å². The first-order valence-corrected chi connectivity index (χ1v) is 6.64. The fraction of sp³-hybridized carbons (Fsp3) is 0.467. The minimum absolute atomic E-state index is 0.0337. The number of para-hydroxylation sites is 1. The number of methoxy groups -OCH3 is 1. The molecular formula is C15H23N3O3. The van der Waals surface area contributed by atoms with Crippen molar-refractivity contribution in [1.82, 2.24) is 10.2 Å². The molecule has 1 aromatic carbocycles. The first-order valence-electron chi connectivity index (χ1n) is 6.64. The van der Waals surface area contributed by atoms with Gasteiger partial charge in [0, 0.05) is 12.6 Å². The van der Waals surface area contributed by atoms with Crippen molar-refractivity contribution in [2.45, 2.75) is 26.3 Å². The van der Waals surface area contributed by atoms with Crippen molar-refractivity contribution in [3.63, 3.8) is 0 Å². The zero-order valence-corrected chi connectivity index (χ0v) is 13.2. The number of nitrogen functional groups attached to an aromatic ring is 1. The molecule has 0 atom stereocenters. The molecule has 0 radical (unpaired) electrons. The molecule has 21 heavy (non-hydrogen) atoms. The lowest BCUT2D eigenvalue weighted by molar-refractivity contribution is -0.122. The molecule has 0 aliphatic heterocycles. The third-order valence-corrected chi connectivity index (χ3v) is 2.72. The van der Waals surface area contributed by atoms with Crippen molar-refractivity contribution >= 4 is 17.5 Å². The number of benzene rings is 1. The minimum atomic E-state index is -0.337. The molecule has 0 bridgehead atoms. The Morgan fingerprint density at radius 2 is 1.95 bits per heavy atom. The first-order chi connectivity index (χ1) is 9.65. The SMILES string of the molecule is COc1c(N)cccc1C(=O)N(C)CC(=O)NC(C)(C)C. The Hall–Kier alpha value is -2.24. The Morgan fingerprint density at radius 1 is 1.33 bits per heavy atom. The number of carbonyl (C=O) groups excluding carboxylic acids is 2. The maximum atomic E-state index is 12.4. The van der Waals surface area contributed by atoms with Gasteiger partial charge >= 0.3 is 0 Å². The number of nitrogens with zero attached hydrogens (tertiary/aromatic N) is 1. The van der Waals surface area contributed by atoms with Crippen LogP contribution in [0.25, 0.3) is 0 Å². The number of nitrogens with one attached hydrogen (secondary N) is 1. The zero-order valence-electron chi connectivity index (χ0n) is 13.2. The number of anilines is 1. The quantitative estimate of drug-likeness (QED) is 0.819. The number of carbonyl (C=O) groups is 2. The van der Waals surface area contributed by atoms with Crippen molar-refractivity contribution in [1.29, 1.82) is 0 Å². The third-order valence-electron chi connectivity index (χ3n) is 2.72. The second-order valence-electron chi connectivity index (χ2n) is 5.89. The summed E-state index contributed by atoms with van der Waals surface area (Å²) < 4.78 is 5.16. The molecule has 0 unspecified atom stereocenters. The predicted octanol–water partition coefficient (Wildman–Crippen LogP) is 1.26. The Kier molecular flexibility index (Phi) is 5.18. The molecule has 0 spiro atoms. The Labute approximate surface area is 125 Å². The number of hydrogen-bond acceptors (Lipinski definition) is 4. The van der Waals surface area contributed by atoms with Gasteiger partial charge in [-0.15, -0.1) is 0 Å². The van der Waals surface area contributed by atoms with E-state index >= 15 is 0 Å². The molecule has 116 valence electrons. The fourth-order valence-electron chi connectivity index (χ4n) is 1.90. The van der Waals surface area contributed by atoms with E-state index in [2.05, 4.69) is 5.32 Å². The van der Waals surface area contributed by atoms with Gasteiger partial charge in [-0.25, -0.2) is 0 Å². The normalized spacial score (nSPS) is 10.9. The van der Waals surface area contributed by atoms with E-state index in [4.69, 9.17) is 10.5 Å². The summed E-state index contributed by atoms with van der Waals surface area (Å²) in [7, 11) is 3.02. The molecule has 1 aromatic rings. The fourth-order valence-corrected chi connectivity index (χ4v) is 1.90. The molecule has 0 aliphatic carbocycles. The van der Waals surface area contributed by atoms with E-state index in [0.29, 0.717) is 17.0 Å². The highest BCUT2D eigenvalue weighted by Gasteiger charge is 2.21. The second kappa shape index (κ2) is 6.47. The molecule has 6 nitrogen and oxygen atoms in total. The highest BCUT2D eigenvalue weighted by atomic mass is 16.5. The van der Waals surface area contributed by atoms with Gasteiger partial charge < -0.3 is 20.7 Å². The molecular weight excluding hydrogens is 270 g/mol. The molecule has 0 aromatic heterocycles. The van der Waals surface area contributed by atoms with Gasteiger partial charge in [0.05, 0.1) is 24.9 Å². The highest BCUT2D eigenvalue weighted by Crippen LogP contribution is 2.26. The average Bonchev–Trinajstić information content (AvgIpc) is 2.35. The molecule has 0 fully saturated rings. The largest absolute Gasteiger partial charge is 0.494 e. The summed E-state index contributed by atoms with van der Waals surface area (Å²) in [5.74, 6) is -0.213. The van der Waals surface area contributed by atoms with Crippen LogP contribution in [-0.2, 0) is 4.79 Å². The molecule has 3 N–H and O–H groups in total. The molecule has 0 saturated heterocycles. The van der Waals surface area contributed by atoms with Gasteiger partial charge in [0.1, 0.15) is 0 Å².